The number of aryl methyl sites for hydroxylation is 1. The Bertz CT molecular complexity index is 601. The molecule has 4 heteroatoms. The lowest BCUT2D eigenvalue weighted by atomic mass is 10.1. The van der Waals surface area contributed by atoms with Gasteiger partial charge in [-0.1, -0.05) is 13.0 Å². The van der Waals surface area contributed by atoms with Gasteiger partial charge in [-0.25, -0.2) is 4.98 Å². The van der Waals surface area contributed by atoms with E-state index in [0.717, 1.165) is 6.42 Å². The quantitative estimate of drug-likeness (QED) is 0.839. The molecule has 0 bridgehead atoms. The minimum atomic E-state index is 0.432. The van der Waals surface area contributed by atoms with Gasteiger partial charge in [-0.05, 0) is 30.2 Å². The number of pyridine rings is 1. The van der Waals surface area contributed by atoms with Crippen molar-refractivity contribution in [1.82, 2.24) is 4.98 Å². The van der Waals surface area contributed by atoms with Gasteiger partial charge < -0.3 is 9.47 Å². The van der Waals surface area contributed by atoms with Crippen LogP contribution in [-0.2, 0) is 6.42 Å². The molecule has 0 saturated carbocycles. The van der Waals surface area contributed by atoms with E-state index in [1.165, 1.54) is 11.8 Å². The molecule has 0 spiro atoms. The number of benzene rings is 1. The second-order valence-corrected chi connectivity index (χ2v) is 3.94. The molecule has 0 fully saturated rings. The molecule has 0 N–H and O–H groups in total. The molecule has 1 aromatic heterocycles. The predicted octanol–water partition coefficient (Wildman–Crippen LogP) is 3.32. The summed E-state index contributed by atoms with van der Waals surface area (Å²) in [5.41, 5.74) is 1.68. The Morgan fingerprint density at radius 3 is 2.63 bits per heavy atom. The molecule has 0 aliphatic rings. The first-order valence-electron chi connectivity index (χ1n) is 5.97. The van der Waals surface area contributed by atoms with Gasteiger partial charge in [0.1, 0.15) is 6.07 Å². The van der Waals surface area contributed by atoms with Gasteiger partial charge in [0, 0.05) is 12.3 Å². The van der Waals surface area contributed by atoms with Gasteiger partial charge >= 0.3 is 0 Å². The van der Waals surface area contributed by atoms with E-state index in [1.54, 1.807) is 19.2 Å². The average molecular weight is 254 g/mol. The van der Waals surface area contributed by atoms with Crippen LogP contribution in [-0.4, -0.2) is 12.1 Å². The summed E-state index contributed by atoms with van der Waals surface area (Å²) in [5, 5.41) is 8.71. The minimum absolute atomic E-state index is 0.432. The fraction of sp³-hybridized carbons (Fsp3) is 0.200. The van der Waals surface area contributed by atoms with Crippen molar-refractivity contribution in [1.29, 1.82) is 5.26 Å². The largest absolute Gasteiger partial charge is 0.493 e. The second-order valence-electron chi connectivity index (χ2n) is 3.94. The van der Waals surface area contributed by atoms with Gasteiger partial charge in [0.25, 0.3) is 0 Å². The van der Waals surface area contributed by atoms with Crippen molar-refractivity contribution in [2.45, 2.75) is 13.3 Å². The van der Waals surface area contributed by atoms with Crippen LogP contribution in [0.5, 0.6) is 17.4 Å². The molecule has 0 amide bonds. The molecule has 0 radical (unpaired) electrons. The number of aromatic nitrogens is 1. The third kappa shape index (κ3) is 3.02. The first-order chi connectivity index (χ1) is 9.26. The predicted molar refractivity (Wildman–Crippen MR) is 71.4 cm³/mol. The Morgan fingerprint density at radius 1 is 1.21 bits per heavy atom. The smallest absolute Gasteiger partial charge is 0.219 e. The molecule has 0 saturated heterocycles. The minimum Gasteiger partial charge on any atom is -0.493 e. The maximum Gasteiger partial charge on any atom is 0.219 e. The van der Waals surface area contributed by atoms with Crippen molar-refractivity contribution in [2.24, 2.45) is 0 Å². The SMILES string of the molecule is CCc1ccc(Oc2ccc(C#N)cn2)c(OC)c1. The average Bonchev–Trinajstić information content (AvgIpc) is 2.48. The van der Waals surface area contributed by atoms with Gasteiger partial charge in [-0.15, -0.1) is 0 Å². The molecule has 96 valence electrons. The zero-order valence-corrected chi connectivity index (χ0v) is 10.9. The number of rotatable bonds is 4. The fourth-order valence-corrected chi connectivity index (χ4v) is 1.64. The topological polar surface area (TPSA) is 55.1 Å². The molecular formula is C15H14N2O2. The molecule has 2 aromatic rings. The molecular weight excluding hydrogens is 240 g/mol. The normalized spacial score (nSPS) is 9.74. The van der Waals surface area contributed by atoms with E-state index in [4.69, 9.17) is 14.7 Å². The van der Waals surface area contributed by atoms with Gasteiger partial charge in [0.15, 0.2) is 11.5 Å². The first-order valence-corrected chi connectivity index (χ1v) is 5.97. The van der Waals surface area contributed by atoms with Crippen LogP contribution in [0.4, 0.5) is 0 Å². The van der Waals surface area contributed by atoms with Crippen molar-refractivity contribution in [3.63, 3.8) is 0 Å². The Balaban J connectivity index is 2.24. The summed E-state index contributed by atoms with van der Waals surface area (Å²) in [7, 11) is 1.61. The number of hydrogen-bond donors (Lipinski definition) is 0. The Labute approximate surface area is 112 Å². The summed E-state index contributed by atoms with van der Waals surface area (Å²) in [6, 6.07) is 11.1. The zero-order valence-electron chi connectivity index (χ0n) is 10.9. The van der Waals surface area contributed by atoms with E-state index in [-0.39, 0.29) is 0 Å². The summed E-state index contributed by atoms with van der Waals surface area (Å²) in [6.45, 7) is 2.08. The highest BCUT2D eigenvalue weighted by molar-refractivity contribution is 5.44. The van der Waals surface area contributed by atoms with Gasteiger partial charge in [-0.3, -0.25) is 0 Å². The molecule has 2 rings (SSSR count). The maximum atomic E-state index is 8.71. The number of nitriles is 1. The van der Waals surface area contributed by atoms with E-state index >= 15 is 0 Å². The molecule has 0 atom stereocenters. The Kier molecular flexibility index (Phi) is 3.99. The standard InChI is InChI=1S/C15H14N2O2/c1-3-11-4-6-13(14(8-11)18-2)19-15-7-5-12(9-16)10-17-15/h4-8,10H,3H2,1-2H3. The molecule has 1 heterocycles. The van der Waals surface area contributed by atoms with Crippen LogP contribution in [0, 0.1) is 11.3 Å². The van der Waals surface area contributed by atoms with Crippen molar-refractivity contribution >= 4 is 0 Å². The monoisotopic (exact) mass is 254 g/mol. The number of methoxy groups -OCH3 is 1. The van der Waals surface area contributed by atoms with Gasteiger partial charge in [-0.2, -0.15) is 5.26 Å². The van der Waals surface area contributed by atoms with Crippen LogP contribution >= 0.6 is 0 Å². The van der Waals surface area contributed by atoms with Gasteiger partial charge in [0.2, 0.25) is 5.88 Å². The molecule has 1 aromatic carbocycles. The van der Waals surface area contributed by atoms with Crippen LogP contribution in [0.25, 0.3) is 0 Å². The van der Waals surface area contributed by atoms with Crippen LogP contribution < -0.4 is 9.47 Å². The first kappa shape index (κ1) is 12.9. The summed E-state index contributed by atoms with van der Waals surface area (Å²) in [4.78, 5) is 4.06. The van der Waals surface area contributed by atoms with Crippen molar-refractivity contribution < 1.29 is 9.47 Å². The van der Waals surface area contributed by atoms with E-state index in [0.29, 0.717) is 22.9 Å². The van der Waals surface area contributed by atoms with E-state index in [2.05, 4.69) is 11.9 Å². The summed E-state index contributed by atoms with van der Waals surface area (Å²) in [5.74, 6) is 1.71. The lowest BCUT2D eigenvalue weighted by Gasteiger charge is -2.10. The highest BCUT2D eigenvalue weighted by Crippen LogP contribution is 2.31. The van der Waals surface area contributed by atoms with Crippen LogP contribution in [0.15, 0.2) is 36.5 Å². The summed E-state index contributed by atoms with van der Waals surface area (Å²) in [6.07, 6.45) is 2.41. The highest BCUT2D eigenvalue weighted by Gasteiger charge is 2.07. The fourth-order valence-electron chi connectivity index (χ4n) is 1.64. The molecule has 0 aliphatic heterocycles. The summed E-state index contributed by atoms with van der Waals surface area (Å²) < 4.78 is 11.0. The van der Waals surface area contributed by atoms with E-state index < -0.39 is 0 Å². The zero-order chi connectivity index (χ0) is 13.7. The number of ether oxygens (including phenoxy) is 2. The summed E-state index contributed by atoms with van der Waals surface area (Å²) >= 11 is 0. The van der Waals surface area contributed by atoms with Crippen molar-refractivity contribution in [2.75, 3.05) is 7.11 Å². The van der Waals surface area contributed by atoms with Crippen molar-refractivity contribution in [3.8, 4) is 23.4 Å². The Hall–Kier alpha value is -2.54. The molecule has 19 heavy (non-hydrogen) atoms. The molecule has 0 unspecified atom stereocenters. The lowest BCUT2D eigenvalue weighted by Crippen LogP contribution is -1.93. The second kappa shape index (κ2) is 5.87. The lowest BCUT2D eigenvalue weighted by molar-refractivity contribution is 0.373. The maximum absolute atomic E-state index is 8.71. The highest BCUT2D eigenvalue weighted by atomic mass is 16.5. The number of nitrogens with zero attached hydrogens (tertiary/aromatic N) is 2. The van der Waals surface area contributed by atoms with Crippen LogP contribution in [0.2, 0.25) is 0 Å². The molecule has 4 nitrogen and oxygen atoms in total. The number of hydrogen-bond acceptors (Lipinski definition) is 4. The third-order valence-electron chi connectivity index (χ3n) is 2.72. The van der Waals surface area contributed by atoms with Crippen LogP contribution in [0.3, 0.4) is 0 Å². The molecule has 0 aliphatic carbocycles. The van der Waals surface area contributed by atoms with E-state index in [9.17, 15) is 0 Å². The van der Waals surface area contributed by atoms with Crippen molar-refractivity contribution in [3.05, 3.63) is 47.7 Å². The van der Waals surface area contributed by atoms with Crippen LogP contribution in [0.1, 0.15) is 18.1 Å². The third-order valence-corrected chi connectivity index (χ3v) is 2.72. The van der Waals surface area contributed by atoms with Gasteiger partial charge in [0.05, 0.1) is 12.7 Å². The van der Waals surface area contributed by atoms with E-state index in [1.807, 2.05) is 24.3 Å². The Morgan fingerprint density at radius 2 is 2.05 bits per heavy atom.